The minimum Gasteiger partial charge on any atom is -0.316 e. The fraction of sp³-hybridized carbons (Fsp3) is 0.417. The van der Waals surface area contributed by atoms with Crippen LogP contribution in [0.4, 0.5) is 0 Å². The molecule has 0 saturated carbocycles. The van der Waals surface area contributed by atoms with Crippen molar-refractivity contribution in [2.45, 2.75) is 5.88 Å². The van der Waals surface area contributed by atoms with Gasteiger partial charge in [-0.25, -0.2) is 4.68 Å². The average molecular weight is 262 g/mol. The quantitative estimate of drug-likeness (QED) is 0.879. The molecule has 1 fully saturated rings. The zero-order valence-electron chi connectivity index (χ0n) is 9.87. The standard InChI is InChI=1S/C12H14N4OS/c17-12-10-3-1-2-4-11(10)14-15-16(12)8-18-7-9-5-13-6-9/h1-4,9,13H,5-8H2. The second kappa shape index (κ2) is 5.07. The molecule has 1 saturated heterocycles. The lowest BCUT2D eigenvalue weighted by Crippen LogP contribution is -2.43. The van der Waals surface area contributed by atoms with E-state index in [1.165, 1.54) is 4.68 Å². The molecule has 1 aromatic carbocycles. The fourth-order valence-corrected chi connectivity index (χ4v) is 2.90. The Morgan fingerprint density at radius 2 is 2.22 bits per heavy atom. The smallest absolute Gasteiger partial charge is 0.278 e. The molecular formula is C12H14N4OS. The number of hydrogen-bond donors (Lipinski definition) is 1. The first-order valence-corrected chi connectivity index (χ1v) is 7.11. The van der Waals surface area contributed by atoms with Crippen molar-refractivity contribution in [3.8, 4) is 0 Å². The summed E-state index contributed by atoms with van der Waals surface area (Å²) in [7, 11) is 0. The molecule has 0 aliphatic carbocycles. The Balaban J connectivity index is 1.75. The molecule has 0 amide bonds. The van der Waals surface area contributed by atoms with Crippen LogP contribution in [0.2, 0.25) is 0 Å². The fourth-order valence-electron chi connectivity index (χ4n) is 1.88. The van der Waals surface area contributed by atoms with Crippen LogP contribution in [0, 0.1) is 5.92 Å². The molecule has 5 nitrogen and oxygen atoms in total. The molecule has 3 rings (SSSR count). The first-order valence-electron chi connectivity index (χ1n) is 5.95. The van der Waals surface area contributed by atoms with Gasteiger partial charge in [-0.05, 0) is 31.1 Å². The highest BCUT2D eigenvalue weighted by molar-refractivity contribution is 7.98. The normalized spacial score (nSPS) is 15.8. The van der Waals surface area contributed by atoms with E-state index in [1.54, 1.807) is 23.9 Å². The first-order chi connectivity index (χ1) is 8.84. The molecule has 2 heterocycles. The summed E-state index contributed by atoms with van der Waals surface area (Å²) in [4.78, 5) is 12.1. The van der Waals surface area contributed by atoms with Crippen LogP contribution in [0.1, 0.15) is 0 Å². The van der Waals surface area contributed by atoms with Gasteiger partial charge in [0.1, 0.15) is 5.52 Å². The molecule has 6 heteroatoms. The van der Waals surface area contributed by atoms with Gasteiger partial charge < -0.3 is 5.32 Å². The van der Waals surface area contributed by atoms with Crippen molar-refractivity contribution >= 4 is 22.7 Å². The maximum absolute atomic E-state index is 12.1. The van der Waals surface area contributed by atoms with Crippen molar-refractivity contribution in [1.29, 1.82) is 0 Å². The first kappa shape index (κ1) is 11.7. The van der Waals surface area contributed by atoms with Crippen LogP contribution in [0.5, 0.6) is 0 Å². The van der Waals surface area contributed by atoms with E-state index in [2.05, 4.69) is 15.6 Å². The van der Waals surface area contributed by atoms with E-state index < -0.39 is 0 Å². The molecule has 2 aromatic rings. The van der Waals surface area contributed by atoms with E-state index in [0.29, 0.717) is 16.8 Å². The van der Waals surface area contributed by atoms with Crippen molar-refractivity contribution in [3.63, 3.8) is 0 Å². The lowest BCUT2D eigenvalue weighted by Gasteiger charge is -2.26. The van der Waals surface area contributed by atoms with Gasteiger partial charge in [0.2, 0.25) is 0 Å². The van der Waals surface area contributed by atoms with Gasteiger partial charge in [0.25, 0.3) is 5.56 Å². The number of benzene rings is 1. The van der Waals surface area contributed by atoms with Gasteiger partial charge in [-0.3, -0.25) is 4.79 Å². The van der Waals surface area contributed by atoms with Crippen LogP contribution >= 0.6 is 11.8 Å². The predicted molar refractivity (Wildman–Crippen MR) is 72.6 cm³/mol. The highest BCUT2D eigenvalue weighted by Crippen LogP contribution is 2.13. The van der Waals surface area contributed by atoms with Crippen LogP contribution < -0.4 is 10.9 Å². The highest BCUT2D eigenvalue weighted by Gasteiger charge is 2.16. The molecule has 0 bridgehead atoms. The van der Waals surface area contributed by atoms with Crippen molar-refractivity contribution in [2.24, 2.45) is 5.92 Å². The van der Waals surface area contributed by atoms with Gasteiger partial charge in [0, 0.05) is 5.75 Å². The Morgan fingerprint density at radius 3 is 3.00 bits per heavy atom. The lowest BCUT2D eigenvalue weighted by atomic mass is 10.1. The maximum atomic E-state index is 12.1. The molecule has 0 radical (unpaired) electrons. The third-order valence-electron chi connectivity index (χ3n) is 3.06. The van der Waals surface area contributed by atoms with E-state index in [1.807, 2.05) is 12.1 Å². The van der Waals surface area contributed by atoms with Crippen LogP contribution in [0.15, 0.2) is 29.1 Å². The van der Waals surface area contributed by atoms with E-state index >= 15 is 0 Å². The summed E-state index contributed by atoms with van der Waals surface area (Å²) in [6.45, 7) is 2.18. The number of hydrogen-bond acceptors (Lipinski definition) is 5. The molecule has 1 aliphatic rings. The van der Waals surface area contributed by atoms with E-state index in [-0.39, 0.29) is 5.56 Å². The maximum Gasteiger partial charge on any atom is 0.278 e. The van der Waals surface area contributed by atoms with Gasteiger partial charge in [-0.15, -0.1) is 16.9 Å². The summed E-state index contributed by atoms with van der Waals surface area (Å²) in [5, 5.41) is 11.9. The number of aromatic nitrogens is 3. The van der Waals surface area contributed by atoms with Gasteiger partial charge in [0.05, 0.1) is 11.3 Å². The summed E-state index contributed by atoms with van der Waals surface area (Å²) in [5.74, 6) is 2.38. The summed E-state index contributed by atoms with van der Waals surface area (Å²) in [5.41, 5.74) is 0.603. The predicted octanol–water partition coefficient (Wildman–Crippen LogP) is 0.702. The Labute approximate surface area is 109 Å². The van der Waals surface area contributed by atoms with Gasteiger partial charge in [-0.1, -0.05) is 17.3 Å². The molecule has 1 N–H and O–H groups in total. The molecule has 0 spiro atoms. The molecule has 18 heavy (non-hydrogen) atoms. The second-order valence-corrected chi connectivity index (χ2v) is 5.44. The largest absolute Gasteiger partial charge is 0.316 e. The third kappa shape index (κ3) is 2.26. The van der Waals surface area contributed by atoms with Gasteiger partial charge >= 0.3 is 0 Å². The molecular weight excluding hydrogens is 248 g/mol. The number of rotatable bonds is 4. The monoisotopic (exact) mass is 262 g/mol. The molecule has 0 atom stereocenters. The molecule has 0 unspecified atom stereocenters. The Kier molecular flexibility index (Phi) is 3.29. The van der Waals surface area contributed by atoms with Crippen LogP contribution in [-0.4, -0.2) is 33.8 Å². The molecule has 94 valence electrons. The summed E-state index contributed by atoms with van der Waals surface area (Å²) in [6.07, 6.45) is 0. The highest BCUT2D eigenvalue weighted by atomic mass is 32.2. The Morgan fingerprint density at radius 1 is 1.39 bits per heavy atom. The Hall–Kier alpha value is -1.40. The SMILES string of the molecule is O=c1c2ccccc2nnn1CSCC1CNC1. The molecule has 1 aliphatic heterocycles. The van der Waals surface area contributed by atoms with Crippen LogP contribution in [-0.2, 0) is 5.88 Å². The summed E-state index contributed by atoms with van der Waals surface area (Å²) in [6, 6.07) is 7.31. The van der Waals surface area contributed by atoms with Crippen molar-refractivity contribution < 1.29 is 0 Å². The summed E-state index contributed by atoms with van der Waals surface area (Å²) >= 11 is 1.73. The van der Waals surface area contributed by atoms with E-state index in [0.717, 1.165) is 24.8 Å². The number of nitrogens with zero attached hydrogens (tertiary/aromatic N) is 3. The van der Waals surface area contributed by atoms with E-state index in [4.69, 9.17) is 0 Å². The molecule has 1 aromatic heterocycles. The topological polar surface area (TPSA) is 59.8 Å². The number of thioether (sulfide) groups is 1. The van der Waals surface area contributed by atoms with Crippen LogP contribution in [0.3, 0.4) is 0 Å². The van der Waals surface area contributed by atoms with Crippen molar-refractivity contribution in [3.05, 3.63) is 34.6 Å². The second-order valence-electron chi connectivity index (χ2n) is 4.44. The zero-order valence-corrected chi connectivity index (χ0v) is 10.7. The number of nitrogens with one attached hydrogen (secondary N) is 1. The lowest BCUT2D eigenvalue weighted by molar-refractivity contribution is 0.385. The van der Waals surface area contributed by atoms with Gasteiger partial charge in [-0.2, -0.15) is 0 Å². The average Bonchev–Trinajstić information content (AvgIpc) is 2.35. The van der Waals surface area contributed by atoms with E-state index in [9.17, 15) is 4.79 Å². The van der Waals surface area contributed by atoms with Crippen molar-refractivity contribution in [1.82, 2.24) is 20.3 Å². The minimum atomic E-state index is -0.0557. The van der Waals surface area contributed by atoms with Gasteiger partial charge in [0.15, 0.2) is 0 Å². The number of fused-ring (bicyclic) bond motifs is 1. The van der Waals surface area contributed by atoms with Crippen LogP contribution in [0.25, 0.3) is 10.9 Å². The zero-order chi connectivity index (χ0) is 12.4. The summed E-state index contributed by atoms with van der Waals surface area (Å²) < 4.78 is 1.44. The van der Waals surface area contributed by atoms with Crippen molar-refractivity contribution in [2.75, 3.05) is 18.8 Å². The third-order valence-corrected chi connectivity index (χ3v) is 4.20. The minimum absolute atomic E-state index is 0.0557. The Bertz CT molecular complexity index is 608.